The summed E-state index contributed by atoms with van der Waals surface area (Å²) in [6.45, 7) is 9.40. The maximum atomic E-state index is 12.4. The SMILES string of the molecule is CCn1ncc(CN2CCN(C(=O)CCn3cc(C(=O)O)cn3)CC2)c1C. The van der Waals surface area contributed by atoms with Crippen LogP contribution in [0.3, 0.4) is 0 Å². The Morgan fingerprint density at radius 2 is 1.89 bits per heavy atom. The molecule has 0 saturated carbocycles. The Kier molecular flexibility index (Phi) is 5.90. The average Bonchev–Trinajstić information content (AvgIpc) is 3.28. The molecule has 1 amide bonds. The molecule has 27 heavy (non-hydrogen) atoms. The standard InChI is InChI=1S/C18H26N6O3/c1-3-24-14(2)15(10-20-24)12-21-6-8-22(9-7-21)17(25)4-5-23-13-16(11-19-23)18(26)27/h10-11,13H,3-9,12H2,1-2H3,(H,26,27). The first-order valence-electron chi connectivity index (χ1n) is 9.25. The van der Waals surface area contributed by atoms with Crippen LogP contribution in [0.5, 0.6) is 0 Å². The van der Waals surface area contributed by atoms with Crippen LogP contribution in [0.2, 0.25) is 0 Å². The zero-order valence-corrected chi connectivity index (χ0v) is 15.8. The van der Waals surface area contributed by atoms with E-state index in [0.29, 0.717) is 26.1 Å². The second-order valence-electron chi connectivity index (χ2n) is 6.78. The van der Waals surface area contributed by atoms with Crippen LogP contribution in [-0.2, 0) is 24.4 Å². The summed E-state index contributed by atoms with van der Waals surface area (Å²) in [5, 5.41) is 17.3. The van der Waals surface area contributed by atoms with Crippen LogP contribution < -0.4 is 0 Å². The number of piperazine rings is 1. The van der Waals surface area contributed by atoms with E-state index in [1.165, 1.54) is 28.3 Å². The Morgan fingerprint density at radius 1 is 1.15 bits per heavy atom. The average molecular weight is 374 g/mol. The summed E-state index contributed by atoms with van der Waals surface area (Å²) in [5.74, 6) is -0.930. The third-order valence-corrected chi connectivity index (χ3v) is 5.06. The van der Waals surface area contributed by atoms with Crippen LogP contribution in [-0.4, -0.2) is 72.5 Å². The van der Waals surface area contributed by atoms with E-state index in [-0.39, 0.29) is 11.5 Å². The van der Waals surface area contributed by atoms with Gasteiger partial charge in [0.15, 0.2) is 0 Å². The molecule has 0 aromatic carbocycles. The van der Waals surface area contributed by atoms with Gasteiger partial charge < -0.3 is 10.0 Å². The molecule has 1 fully saturated rings. The Balaban J connectivity index is 1.44. The number of carbonyl (C=O) groups excluding carboxylic acids is 1. The van der Waals surface area contributed by atoms with Gasteiger partial charge in [-0.05, 0) is 13.8 Å². The maximum absolute atomic E-state index is 12.4. The molecule has 1 aliphatic heterocycles. The third kappa shape index (κ3) is 4.54. The van der Waals surface area contributed by atoms with Gasteiger partial charge in [-0.2, -0.15) is 10.2 Å². The smallest absolute Gasteiger partial charge is 0.338 e. The topological polar surface area (TPSA) is 96.5 Å². The van der Waals surface area contributed by atoms with Crippen molar-refractivity contribution in [2.24, 2.45) is 0 Å². The maximum Gasteiger partial charge on any atom is 0.338 e. The van der Waals surface area contributed by atoms with Crippen molar-refractivity contribution in [3.05, 3.63) is 35.4 Å². The van der Waals surface area contributed by atoms with E-state index in [4.69, 9.17) is 5.11 Å². The van der Waals surface area contributed by atoms with Crippen molar-refractivity contribution in [1.82, 2.24) is 29.4 Å². The lowest BCUT2D eigenvalue weighted by atomic mass is 10.2. The summed E-state index contributed by atoms with van der Waals surface area (Å²) in [6, 6.07) is 0. The first-order chi connectivity index (χ1) is 13.0. The van der Waals surface area contributed by atoms with Crippen LogP contribution >= 0.6 is 0 Å². The van der Waals surface area contributed by atoms with E-state index >= 15 is 0 Å². The Bertz CT molecular complexity index is 804. The number of nitrogens with zero attached hydrogens (tertiary/aromatic N) is 6. The van der Waals surface area contributed by atoms with E-state index < -0.39 is 5.97 Å². The Hall–Kier alpha value is -2.68. The molecule has 1 N–H and O–H groups in total. The van der Waals surface area contributed by atoms with E-state index in [2.05, 4.69) is 28.9 Å². The lowest BCUT2D eigenvalue weighted by Gasteiger charge is -2.34. The van der Waals surface area contributed by atoms with Gasteiger partial charge in [-0.1, -0.05) is 0 Å². The summed E-state index contributed by atoms with van der Waals surface area (Å²) >= 11 is 0. The number of hydrogen-bond donors (Lipinski definition) is 1. The molecule has 0 spiro atoms. The van der Waals surface area contributed by atoms with Gasteiger partial charge in [0.1, 0.15) is 0 Å². The van der Waals surface area contributed by atoms with Gasteiger partial charge in [-0.3, -0.25) is 19.1 Å². The van der Waals surface area contributed by atoms with Crippen LogP contribution in [0.15, 0.2) is 18.6 Å². The van der Waals surface area contributed by atoms with E-state index in [1.807, 2.05) is 15.8 Å². The van der Waals surface area contributed by atoms with Gasteiger partial charge in [-0.25, -0.2) is 4.79 Å². The minimum absolute atomic E-state index is 0.0806. The minimum atomic E-state index is -1.01. The first kappa shape index (κ1) is 19.1. The molecule has 0 atom stereocenters. The molecule has 1 saturated heterocycles. The molecule has 2 aromatic rings. The van der Waals surface area contributed by atoms with Crippen molar-refractivity contribution in [3.8, 4) is 0 Å². The van der Waals surface area contributed by atoms with Crippen molar-refractivity contribution in [2.75, 3.05) is 26.2 Å². The molecule has 0 radical (unpaired) electrons. The lowest BCUT2D eigenvalue weighted by Crippen LogP contribution is -2.48. The summed E-state index contributed by atoms with van der Waals surface area (Å²) < 4.78 is 3.51. The minimum Gasteiger partial charge on any atom is -0.478 e. The second-order valence-corrected chi connectivity index (χ2v) is 6.78. The monoisotopic (exact) mass is 374 g/mol. The highest BCUT2D eigenvalue weighted by molar-refractivity contribution is 5.86. The van der Waals surface area contributed by atoms with Gasteiger partial charge in [0, 0.05) is 69.7 Å². The molecule has 9 heteroatoms. The molecule has 1 aliphatic rings. The first-order valence-corrected chi connectivity index (χ1v) is 9.25. The molecule has 0 bridgehead atoms. The van der Waals surface area contributed by atoms with Crippen molar-refractivity contribution in [3.63, 3.8) is 0 Å². The van der Waals surface area contributed by atoms with Gasteiger partial charge in [0.05, 0.1) is 18.0 Å². The van der Waals surface area contributed by atoms with E-state index in [0.717, 1.165) is 26.2 Å². The number of carboxylic acid groups (broad SMARTS) is 1. The summed E-state index contributed by atoms with van der Waals surface area (Å²) in [5.41, 5.74) is 2.58. The number of aromatic nitrogens is 4. The van der Waals surface area contributed by atoms with Crippen molar-refractivity contribution in [1.29, 1.82) is 0 Å². The molecule has 2 aromatic heterocycles. The molecule has 3 heterocycles. The number of carboxylic acids is 1. The number of aromatic carboxylic acids is 1. The molecule has 146 valence electrons. The van der Waals surface area contributed by atoms with Gasteiger partial charge in [-0.15, -0.1) is 0 Å². The zero-order valence-electron chi connectivity index (χ0n) is 15.8. The lowest BCUT2D eigenvalue weighted by molar-refractivity contribution is -0.133. The normalized spacial score (nSPS) is 15.3. The second kappa shape index (κ2) is 8.34. The van der Waals surface area contributed by atoms with Gasteiger partial charge >= 0.3 is 5.97 Å². The van der Waals surface area contributed by atoms with Crippen LogP contribution in [0, 0.1) is 6.92 Å². The fraction of sp³-hybridized carbons (Fsp3) is 0.556. The molecule has 0 aliphatic carbocycles. The van der Waals surface area contributed by atoms with Crippen LogP contribution in [0.4, 0.5) is 0 Å². The highest BCUT2D eigenvalue weighted by atomic mass is 16.4. The fourth-order valence-corrected chi connectivity index (χ4v) is 3.32. The predicted molar refractivity (Wildman–Crippen MR) is 98.3 cm³/mol. The summed E-state index contributed by atoms with van der Waals surface area (Å²) in [4.78, 5) is 27.5. The Labute approximate surface area is 158 Å². The quantitative estimate of drug-likeness (QED) is 0.771. The summed E-state index contributed by atoms with van der Waals surface area (Å²) in [7, 11) is 0. The highest BCUT2D eigenvalue weighted by Crippen LogP contribution is 2.13. The molecular formula is C18H26N6O3. The number of aryl methyl sites for hydroxylation is 2. The van der Waals surface area contributed by atoms with Crippen molar-refractivity contribution in [2.45, 2.75) is 39.9 Å². The molecule has 9 nitrogen and oxygen atoms in total. The van der Waals surface area contributed by atoms with Gasteiger partial charge in [0.2, 0.25) is 5.91 Å². The highest BCUT2D eigenvalue weighted by Gasteiger charge is 2.22. The van der Waals surface area contributed by atoms with Crippen LogP contribution in [0.1, 0.15) is 35.0 Å². The van der Waals surface area contributed by atoms with E-state index in [1.54, 1.807) is 0 Å². The summed E-state index contributed by atoms with van der Waals surface area (Å²) in [6.07, 6.45) is 5.01. The third-order valence-electron chi connectivity index (χ3n) is 5.06. The Morgan fingerprint density at radius 3 is 2.48 bits per heavy atom. The number of rotatable bonds is 7. The fourth-order valence-electron chi connectivity index (χ4n) is 3.32. The molecule has 3 rings (SSSR count). The largest absolute Gasteiger partial charge is 0.478 e. The van der Waals surface area contributed by atoms with Crippen LogP contribution in [0.25, 0.3) is 0 Å². The number of hydrogen-bond acceptors (Lipinski definition) is 5. The molecular weight excluding hydrogens is 348 g/mol. The van der Waals surface area contributed by atoms with Crippen molar-refractivity contribution < 1.29 is 14.7 Å². The molecule has 0 unspecified atom stereocenters. The number of carbonyl (C=O) groups is 2. The van der Waals surface area contributed by atoms with Crippen molar-refractivity contribution >= 4 is 11.9 Å². The zero-order chi connectivity index (χ0) is 19.4. The number of amides is 1. The predicted octanol–water partition coefficient (Wildman–Crippen LogP) is 0.841. The van der Waals surface area contributed by atoms with E-state index in [9.17, 15) is 9.59 Å². The van der Waals surface area contributed by atoms with Gasteiger partial charge in [0.25, 0.3) is 0 Å².